The lowest BCUT2D eigenvalue weighted by Crippen LogP contribution is -2.39. The molecule has 0 saturated heterocycles. The second kappa shape index (κ2) is 12.0. The second-order valence-corrected chi connectivity index (χ2v) is 8.22. The molecule has 1 aromatic heterocycles. The molecule has 0 unspecified atom stereocenters. The first kappa shape index (κ1) is 23.5. The zero-order chi connectivity index (χ0) is 17.3. The van der Waals surface area contributed by atoms with Gasteiger partial charge in [0.15, 0.2) is 5.96 Å². The number of guanidine groups is 1. The Balaban J connectivity index is 0.00000529. The monoisotopic (exact) mass is 489 g/mol. The predicted molar refractivity (Wildman–Crippen MR) is 112 cm³/mol. The Morgan fingerprint density at radius 2 is 2.08 bits per heavy atom. The van der Waals surface area contributed by atoms with Crippen molar-refractivity contribution in [1.82, 2.24) is 19.9 Å². The van der Waals surface area contributed by atoms with Crippen LogP contribution in [0.25, 0.3) is 0 Å². The summed E-state index contributed by atoms with van der Waals surface area (Å²) >= 11 is 1.69. The van der Waals surface area contributed by atoms with Crippen LogP contribution >= 0.6 is 35.3 Å². The number of nitrogens with zero attached hydrogens (tertiary/aromatic N) is 3. The van der Waals surface area contributed by atoms with Gasteiger partial charge in [0.05, 0.1) is 12.8 Å². The molecule has 2 N–H and O–H groups in total. The summed E-state index contributed by atoms with van der Waals surface area (Å²) in [6, 6.07) is 0. The van der Waals surface area contributed by atoms with Gasteiger partial charge in [-0.25, -0.2) is 17.7 Å². The van der Waals surface area contributed by atoms with Gasteiger partial charge in [0.1, 0.15) is 5.01 Å². The minimum atomic E-state index is -3.11. The summed E-state index contributed by atoms with van der Waals surface area (Å²) in [5.74, 6) is 0.695. The first-order valence-electron chi connectivity index (χ1n) is 7.73. The van der Waals surface area contributed by atoms with Crippen molar-refractivity contribution in [2.45, 2.75) is 33.2 Å². The van der Waals surface area contributed by atoms with Gasteiger partial charge in [-0.1, -0.05) is 13.8 Å². The largest absolute Gasteiger partial charge is 0.356 e. The van der Waals surface area contributed by atoms with Crippen molar-refractivity contribution in [2.75, 3.05) is 32.9 Å². The number of aryl methyl sites for hydroxylation is 1. The number of hydrogen-bond donors (Lipinski definition) is 2. The molecule has 0 aliphatic rings. The fraction of sp³-hybridized carbons (Fsp3) is 0.714. The van der Waals surface area contributed by atoms with Crippen molar-refractivity contribution < 1.29 is 8.42 Å². The maximum absolute atomic E-state index is 11.5. The van der Waals surface area contributed by atoms with E-state index in [1.165, 1.54) is 15.4 Å². The SMILES string of the molecule is CCc1cnc(CNC(=NC)NCCCN(CC)S(C)(=O)=O)s1.I. The Labute approximate surface area is 166 Å². The van der Waals surface area contributed by atoms with Crippen molar-refractivity contribution in [1.29, 1.82) is 0 Å². The molecule has 0 amide bonds. The van der Waals surface area contributed by atoms with Crippen LogP contribution in [0.2, 0.25) is 0 Å². The highest BCUT2D eigenvalue weighted by Gasteiger charge is 2.13. The van der Waals surface area contributed by atoms with E-state index in [-0.39, 0.29) is 24.0 Å². The van der Waals surface area contributed by atoms with Gasteiger partial charge < -0.3 is 10.6 Å². The maximum Gasteiger partial charge on any atom is 0.211 e. The van der Waals surface area contributed by atoms with Crippen LogP contribution in [0.15, 0.2) is 11.2 Å². The van der Waals surface area contributed by atoms with Crippen molar-refractivity contribution in [3.8, 4) is 0 Å². The third-order valence-corrected chi connectivity index (χ3v) is 5.80. The molecular weight excluding hydrogens is 461 g/mol. The number of aromatic nitrogens is 1. The lowest BCUT2D eigenvalue weighted by Gasteiger charge is -2.18. The fourth-order valence-corrected chi connectivity index (χ4v) is 3.73. The summed E-state index contributed by atoms with van der Waals surface area (Å²) in [5.41, 5.74) is 0. The van der Waals surface area contributed by atoms with Crippen LogP contribution in [0.1, 0.15) is 30.2 Å². The van der Waals surface area contributed by atoms with Crippen LogP contribution < -0.4 is 10.6 Å². The van der Waals surface area contributed by atoms with Gasteiger partial charge in [-0.3, -0.25) is 4.99 Å². The van der Waals surface area contributed by atoms with Crippen molar-refractivity contribution in [3.05, 3.63) is 16.1 Å². The molecule has 1 aromatic rings. The topological polar surface area (TPSA) is 86.7 Å². The average molecular weight is 489 g/mol. The molecule has 0 aromatic carbocycles. The highest BCUT2D eigenvalue weighted by atomic mass is 127. The molecule has 0 bridgehead atoms. The normalized spacial score (nSPS) is 12.1. The number of halogens is 1. The summed E-state index contributed by atoms with van der Waals surface area (Å²) in [7, 11) is -1.40. The smallest absolute Gasteiger partial charge is 0.211 e. The highest BCUT2D eigenvalue weighted by molar-refractivity contribution is 14.0. The van der Waals surface area contributed by atoms with E-state index in [1.54, 1.807) is 18.4 Å². The van der Waals surface area contributed by atoms with Gasteiger partial charge >= 0.3 is 0 Å². The Hall–Kier alpha value is -0.460. The summed E-state index contributed by atoms with van der Waals surface area (Å²) in [6.07, 6.45) is 4.86. The number of hydrogen-bond acceptors (Lipinski definition) is 5. The van der Waals surface area contributed by atoms with E-state index in [9.17, 15) is 8.42 Å². The molecule has 24 heavy (non-hydrogen) atoms. The summed E-state index contributed by atoms with van der Waals surface area (Å²) < 4.78 is 24.5. The Bertz CT molecular complexity index is 604. The molecule has 140 valence electrons. The third kappa shape index (κ3) is 8.58. The lowest BCUT2D eigenvalue weighted by molar-refractivity contribution is 0.424. The van der Waals surface area contributed by atoms with Gasteiger partial charge in [0, 0.05) is 37.8 Å². The van der Waals surface area contributed by atoms with Crippen LogP contribution in [0.3, 0.4) is 0 Å². The standard InChI is InChI=1S/C14H27N5O2S2.HI/c1-5-12-10-17-13(22-12)11-18-14(15-3)16-8-7-9-19(6-2)23(4,20)21;/h10H,5-9,11H2,1-4H3,(H2,15,16,18);1H. The van der Waals surface area contributed by atoms with Gasteiger partial charge in [-0.2, -0.15) is 0 Å². The Morgan fingerprint density at radius 3 is 2.58 bits per heavy atom. The number of thiazole rings is 1. The maximum atomic E-state index is 11.5. The summed E-state index contributed by atoms with van der Waals surface area (Å²) in [6.45, 7) is 6.24. The minimum absolute atomic E-state index is 0. The van der Waals surface area contributed by atoms with E-state index in [0.717, 1.165) is 17.8 Å². The Morgan fingerprint density at radius 1 is 1.38 bits per heavy atom. The zero-order valence-electron chi connectivity index (χ0n) is 14.7. The molecule has 0 radical (unpaired) electrons. The van der Waals surface area contributed by atoms with Gasteiger partial charge in [0.25, 0.3) is 0 Å². The van der Waals surface area contributed by atoms with E-state index in [2.05, 4.69) is 27.5 Å². The van der Waals surface area contributed by atoms with Crippen LogP contribution in [-0.2, 0) is 23.0 Å². The molecule has 0 aliphatic carbocycles. The lowest BCUT2D eigenvalue weighted by atomic mass is 10.4. The van der Waals surface area contributed by atoms with E-state index in [4.69, 9.17) is 0 Å². The van der Waals surface area contributed by atoms with Gasteiger partial charge in [-0.15, -0.1) is 35.3 Å². The quantitative estimate of drug-likeness (QED) is 0.239. The first-order valence-corrected chi connectivity index (χ1v) is 10.4. The van der Waals surface area contributed by atoms with Gasteiger partial charge in [-0.05, 0) is 12.8 Å². The van der Waals surface area contributed by atoms with Crippen LogP contribution in [0, 0.1) is 0 Å². The third-order valence-electron chi connectivity index (χ3n) is 3.28. The van der Waals surface area contributed by atoms with Gasteiger partial charge in [0.2, 0.25) is 10.0 Å². The fourth-order valence-electron chi connectivity index (χ4n) is 1.99. The average Bonchev–Trinajstić information content (AvgIpc) is 2.97. The number of rotatable bonds is 9. The molecule has 0 saturated carbocycles. The molecule has 1 rings (SSSR count). The molecule has 10 heteroatoms. The Kier molecular flexibility index (Phi) is 11.8. The van der Waals surface area contributed by atoms with E-state index >= 15 is 0 Å². The van der Waals surface area contributed by atoms with E-state index < -0.39 is 10.0 Å². The second-order valence-electron chi connectivity index (χ2n) is 5.03. The van der Waals surface area contributed by atoms with Crippen LogP contribution in [0.5, 0.6) is 0 Å². The molecule has 0 fully saturated rings. The summed E-state index contributed by atoms with van der Waals surface area (Å²) in [4.78, 5) is 9.77. The minimum Gasteiger partial charge on any atom is -0.356 e. The van der Waals surface area contributed by atoms with Crippen molar-refractivity contribution in [2.24, 2.45) is 4.99 Å². The molecular formula is C14H28IN5O2S2. The van der Waals surface area contributed by atoms with Crippen LogP contribution in [0.4, 0.5) is 0 Å². The van der Waals surface area contributed by atoms with E-state index in [1.807, 2.05) is 13.1 Å². The first-order chi connectivity index (χ1) is 10.9. The van der Waals surface area contributed by atoms with Crippen LogP contribution in [-0.4, -0.2) is 56.6 Å². The highest BCUT2D eigenvalue weighted by Crippen LogP contribution is 2.12. The predicted octanol–water partition coefficient (Wildman–Crippen LogP) is 1.66. The molecule has 0 spiro atoms. The molecule has 7 nitrogen and oxygen atoms in total. The van der Waals surface area contributed by atoms with Crippen molar-refractivity contribution in [3.63, 3.8) is 0 Å². The van der Waals surface area contributed by atoms with Crippen molar-refractivity contribution >= 4 is 51.3 Å². The van der Waals surface area contributed by atoms with E-state index in [0.29, 0.717) is 32.1 Å². The number of aliphatic imine (C=N–C) groups is 1. The molecule has 1 heterocycles. The number of sulfonamides is 1. The molecule has 0 aliphatic heterocycles. The molecule has 0 atom stereocenters. The number of nitrogens with one attached hydrogen (secondary N) is 2. The zero-order valence-corrected chi connectivity index (χ0v) is 18.7. The summed E-state index contributed by atoms with van der Waals surface area (Å²) in [5, 5.41) is 7.42.